The Hall–Kier alpha value is -2.92. The molecule has 30 heavy (non-hydrogen) atoms. The lowest BCUT2D eigenvalue weighted by Crippen LogP contribution is -2.34. The predicted octanol–water partition coefficient (Wildman–Crippen LogP) is 4.30. The van der Waals surface area contributed by atoms with Crippen LogP contribution in [0.3, 0.4) is 0 Å². The molecule has 2 aromatic carbocycles. The molecule has 5 nitrogen and oxygen atoms in total. The Labute approximate surface area is 177 Å². The van der Waals surface area contributed by atoms with Crippen molar-refractivity contribution in [3.8, 4) is 5.75 Å². The Morgan fingerprint density at radius 2 is 2.00 bits per heavy atom. The largest absolute Gasteiger partial charge is 0.482 e. The second kappa shape index (κ2) is 8.07. The molecule has 0 radical (unpaired) electrons. The smallest absolute Gasteiger partial charge is 0.262 e. The van der Waals surface area contributed by atoms with Gasteiger partial charge in [0.1, 0.15) is 5.75 Å². The van der Waals surface area contributed by atoms with E-state index < -0.39 is 0 Å². The van der Waals surface area contributed by atoms with Crippen LogP contribution in [0.5, 0.6) is 5.75 Å². The van der Waals surface area contributed by atoms with Crippen LogP contribution in [-0.4, -0.2) is 42.0 Å². The van der Waals surface area contributed by atoms with Gasteiger partial charge in [0, 0.05) is 17.6 Å². The first kappa shape index (κ1) is 19.1. The molecule has 2 aliphatic rings. The standard InChI is InChI=1S/C25H27N3O2/c1-17-5-7-21-20(3-2-4-22(21)26-17)19-10-13-28(14-11-19)12-9-18-6-8-24-23(15-18)27-25(29)16-30-24/h2-8,15,19H,9-14,16H2,1H3,(H,27,29). The van der Waals surface area contributed by atoms with Gasteiger partial charge in [-0.15, -0.1) is 0 Å². The molecule has 3 heterocycles. The molecule has 0 spiro atoms. The molecule has 0 unspecified atom stereocenters. The van der Waals surface area contributed by atoms with E-state index in [1.807, 2.05) is 19.1 Å². The summed E-state index contributed by atoms with van der Waals surface area (Å²) in [6.07, 6.45) is 3.34. The molecule has 3 aromatic rings. The monoisotopic (exact) mass is 401 g/mol. The third-order valence-corrected chi connectivity index (χ3v) is 6.33. The Balaban J connectivity index is 1.20. The van der Waals surface area contributed by atoms with Crippen LogP contribution in [-0.2, 0) is 11.2 Å². The highest BCUT2D eigenvalue weighted by Crippen LogP contribution is 2.33. The van der Waals surface area contributed by atoms with Crippen LogP contribution in [0.1, 0.15) is 35.6 Å². The van der Waals surface area contributed by atoms with Crippen LogP contribution in [0.15, 0.2) is 48.5 Å². The number of benzene rings is 2. The number of nitrogens with zero attached hydrogens (tertiary/aromatic N) is 2. The number of fused-ring (bicyclic) bond motifs is 2. The average Bonchev–Trinajstić information content (AvgIpc) is 2.77. The first-order chi connectivity index (χ1) is 14.7. The number of piperidine rings is 1. The molecular formula is C25H27N3O2. The molecule has 0 aliphatic carbocycles. The van der Waals surface area contributed by atoms with Crippen molar-refractivity contribution in [3.63, 3.8) is 0 Å². The number of nitrogens with one attached hydrogen (secondary N) is 1. The Bertz CT molecular complexity index is 1090. The molecule has 1 amide bonds. The van der Waals surface area contributed by atoms with Gasteiger partial charge in [0.05, 0.1) is 11.2 Å². The van der Waals surface area contributed by atoms with Crippen LogP contribution >= 0.6 is 0 Å². The number of hydrogen-bond acceptors (Lipinski definition) is 4. The van der Waals surface area contributed by atoms with E-state index in [2.05, 4.69) is 46.6 Å². The fraction of sp³-hybridized carbons (Fsp3) is 0.360. The highest BCUT2D eigenvalue weighted by Gasteiger charge is 2.22. The molecule has 5 heteroatoms. The number of likely N-dealkylation sites (tertiary alicyclic amines) is 1. The van der Waals surface area contributed by atoms with Gasteiger partial charge in [0.2, 0.25) is 0 Å². The highest BCUT2D eigenvalue weighted by atomic mass is 16.5. The maximum absolute atomic E-state index is 11.5. The predicted molar refractivity (Wildman–Crippen MR) is 119 cm³/mol. The Morgan fingerprint density at radius 3 is 2.87 bits per heavy atom. The quantitative estimate of drug-likeness (QED) is 0.708. The molecule has 0 atom stereocenters. The SMILES string of the molecule is Cc1ccc2c(C3CCN(CCc4ccc5c(c4)NC(=O)CO5)CC3)cccc2n1. The average molecular weight is 402 g/mol. The van der Waals surface area contributed by atoms with Crippen molar-refractivity contribution in [1.29, 1.82) is 0 Å². The second-order valence-electron chi connectivity index (χ2n) is 8.40. The second-order valence-corrected chi connectivity index (χ2v) is 8.40. The highest BCUT2D eigenvalue weighted by molar-refractivity contribution is 5.95. The maximum atomic E-state index is 11.5. The number of rotatable bonds is 4. The summed E-state index contributed by atoms with van der Waals surface area (Å²) in [5.41, 5.74) is 5.66. The number of aromatic nitrogens is 1. The van der Waals surface area contributed by atoms with Crippen molar-refractivity contribution in [2.45, 2.75) is 32.1 Å². The van der Waals surface area contributed by atoms with E-state index in [0.717, 1.165) is 48.7 Å². The van der Waals surface area contributed by atoms with Crippen LogP contribution < -0.4 is 10.1 Å². The van der Waals surface area contributed by atoms with Crippen molar-refractivity contribution in [1.82, 2.24) is 9.88 Å². The van der Waals surface area contributed by atoms with Crippen molar-refractivity contribution in [3.05, 3.63) is 65.4 Å². The number of carbonyl (C=O) groups excluding carboxylic acids is 1. The minimum absolute atomic E-state index is 0.0829. The number of ether oxygens (including phenoxy) is 1. The van der Waals surface area contributed by atoms with E-state index in [1.54, 1.807) is 0 Å². The molecule has 154 valence electrons. The summed E-state index contributed by atoms with van der Waals surface area (Å²) in [5.74, 6) is 1.28. The lowest BCUT2D eigenvalue weighted by Gasteiger charge is -2.32. The lowest BCUT2D eigenvalue weighted by atomic mass is 9.87. The van der Waals surface area contributed by atoms with Crippen molar-refractivity contribution in [2.75, 3.05) is 31.6 Å². The van der Waals surface area contributed by atoms with Gasteiger partial charge in [-0.1, -0.05) is 24.3 Å². The normalized spacial score (nSPS) is 17.4. The summed E-state index contributed by atoms with van der Waals surface area (Å²) in [4.78, 5) is 18.8. The van der Waals surface area contributed by atoms with Crippen molar-refractivity contribution in [2.24, 2.45) is 0 Å². The zero-order chi connectivity index (χ0) is 20.5. The van der Waals surface area contributed by atoms with Gasteiger partial charge in [-0.05, 0) is 80.6 Å². The molecular weight excluding hydrogens is 374 g/mol. The van der Waals surface area contributed by atoms with E-state index in [1.165, 1.54) is 29.4 Å². The molecule has 0 saturated carbocycles. The van der Waals surface area contributed by atoms with E-state index in [0.29, 0.717) is 5.92 Å². The molecule has 1 N–H and O–H groups in total. The molecule has 1 fully saturated rings. The minimum atomic E-state index is -0.0829. The summed E-state index contributed by atoms with van der Waals surface area (Å²) in [6.45, 7) is 5.43. The number of hydrogen-bond donors (Lipinski definition) is 1. The number of anilines is 1. The number of pyridine rings is 1. The van der Waals surface area contributed by atoms with Gasteiger partial charge in [0.15, 0.2) is 6.61 Å². The summed E-state index contributed by atoms with van der Waals surface area (Å²) in [6, 6.07) is 17.0. The third kappa shape index (κ3) is 3.90. The van der Waals surface area contributed by atoms with Crippen LogP contribution in [0.2, 0.25) is 0 Å². The molecule has 5 rings (SSSR count). The zero-order valence-corrected chi connectivity index (χ0v) is 17.4. The van der Waals surface area contributed by atoms with Crippen LogP contribution in [0, 0.1) is 6.92 Å². The summed E-state index contributed by atoms with van der Waals surface area (Å²) < 4.78 is 5.45. The summed E-state index contributed by atoms with van der Waals surface area (Å²) in [5, 5.41) is 4.20. The number of carbonyl (C=O) groups is 1. The van der Waals surface area contributed by atoms with Crippen LogP contribution in [0.25, 0.3) is 10.9 Å². The van der Waals surface area contributed by atoms with Crippen LogP contribution in [0.4, 0.5) is 5.69 Å². The minimum Gasteiger partial charge on any atom is -0.482 e. The van der Waals surface area contributed by atoms with Gasteiger partial charge in [0.25, 0.3) is 5.91 Å². The van der Waals surface area contributed by atoms with E-state index in [9.17, 15) is 4.79 Å². The number of aryl methyl sites for hydroxylation is 1. The topological polar surface area (TPSA) is 54.5 Å². The fourth-order valence-electron chi connectivity index (χ4n) is 4.68. The van der Waals surface area contributed by atoms with E-state index in [4.69, 9.17) is 9.72 Å². The molecule has 2 aliphatic heterocycles. The van der Waals surface area contributed by atoms with Gasteiger partial charge in [-0.3, -0.25) is 9.78 Å². The molecule has 0 bridgehead atoms. The van der Waals surface area contributed by atoms with Gasteiger partial charge in [-0.25, -0.2) is 0 Å². The van der Waals surface area contributed by atoms with E-state index in [-0.39, 0.29) is 12.5 Å². The Morgan fingerprint density at radius 1 is 1.13 bits per heavy atom. The first-order valence-corrected chi connectivity index (χ1v) is 10.8. The maximum Gasteiger partial charge on any atom is 0.262 e. The van der Waals surface area contributed by atoms with Gasteiger partial charge >= 0.3 is 0 Å². The summed E-state index contributed by atoms with van der Waals surface area (Å²) >= 11 is 0. The number of amides is 1. The Kier molecular flexibility index (Phi) is 5.13. The van der Waals surface area contributed by atoms with Gasteiger partial charge < -0.3 is 15.0 Å². The fourth-order valence-corrected chi connectivity index (χ4v) is 4.68. The van der Waals surface area contributed by atoms with Crippen molar-refractivity contribution < 1.29 is 9.53 Å². The van der Waals surface area contributed by atoms with E-state index >= 15 is 0 Å². The molecule has 1 aromatic heterocycles. The van der Waals surface area contributed by atoms with Crippen molar-refractivity contribution >= 4 is 22.5 Å². The zero-order valence-electron chi connectivity index (χ0n) is 17.4. The molecule has 1 saturated heterocycles. The first-order valence-electron chi connectivity index (χ1n) is 10.8. The third-order valence-electron chi connectivity index (χ3n) is 6.33. The lowest BCUT2D eigenvalue weighted by molar-refractivity contribution is -0.118. The summed E-state index contributed by atoms with van der Waals surface area (Å²) in [7, 11) is 0. The van der Waals surface area contributed by atoms with Gasteiger partial charge in [-0.2, -0.15) is 0 Å².